The van der Waals surface area contributed by atoms with Crippen molar-refractivity contribution in [2.45, 2.75) is 13.2 Å². The molecule has 17 heavy (non-hydrogen) atoms. The van der Waals surface area contributed by atoms with Crippen molar-refractivity contribution in [3.05, 3.63) is 33.5 Å². The van der Waals surface area contributed by atoms with E-state index in [1.54, 1.807) is 22.2 Å². The molecule has 2 rings (SSSR count). The van der Waals surface area contributed by atoms with Crippen LogP contribution in [0, 0.1) is 11.3 Å². The average Bonchev–Trinajstić information content (AvgIpc) is 2.87. The Morgan fingerprint density at radius 2 is 2.41 bits per heavy atom. The van der Waals surface area contributed by atoms with E-state index in [2.05, 4.69) is 17.2 Å². The molecule has 0 radical (unpaired) electrons. The van der Waals surface area contributed by atoms with Crippen molar-refractivity contribution in [3.8, 4) is 6.07 Å². The maximum Gasteiger partial charge on any atom is 0.239 e. The van der Waals surface area contributed by atoms with Crippen LogP contribution in [0.4, 0.5) is 0 Å². The number of nitrogens with one attached hydrogen (secondary N) is 1. The summed E-state index contributed by atoms with van der Waals surface area (Å²) in [6, 6.07) is 5.93. The number of thiophene rings is 1. The van der Waals surface area contributed by atoms with Crippen molar-refractivity contribution in [1.29, 1.82) is 5.26 Å². The molecule has 1 N–H and O–H groups in total. The van der Waals surface area contributed by atoms with Crippen molar-refractivity contribution in [2.75, 3.05) is 7.05 Å². The summed E-state index contributed by atoms with van der Waals surface area (Å²) in [7, 11) is 2.05. The van der Waals surface area contributed by atoms with Gasteiger partial charge in [-0.05, 0) is 12.1 Å². The Balaban J connectivity index is 1.98. The van der Waals surface area contributed by atoms with Crippen molar-refractivity contribution in [3.63, 3.8) is 0 Å². The first-order valence-electron chi connectivity index (χ1n) is 5.02. The minimum absolute atomic E-state index is 0.341. The van der Waals surface area contributed by atoms with Crippen LogP contribution in [0.15, 0.2) is 18.5 Å². The van der Waals surface area contributed by atoms with Gasteiger partial charge in [0.1, 0.15) is 18.9 Å². The van der Waals surface area contributed by atoms with Crippen LogP contribution in [0.2, 0.25) is 4.34 Å². The van der Waals surface area contributed by atoms with Gasteiger partial charge < -0.3 is 4.90 Å². The number of nitrogens with zero attached hydrogens (tertiary/aromatic N) is 4. The highest BCUT2D eigenvalue weighted by Crippen LogP contribution is 2.20. The van der Waals surface area contributed by atoms with Crippen LogP contribution in [0.5, 0.6) is 0 Å². The van der Waals surface area contributed by atoms with Gasteiger partial charge in [-0.1, -0.05) is 11.6 Å². The van der Waals surface area contributed by atoms with Gasteiger partial charge in [0.15, 0.2) is 6.67 Å². The molecule has 2 heterocycles. The summed E-state index contributed by atoms with van der Waals surface area (Å²) in [4.78, 5) is 2.46. The topological polar surface area (TPSA) is 58.9 Å². The summed E-state index contributed by atoms with van der Waals surface area (Å²) in [6.45, 7) is 1.52. The molecule has 5 nitrogen and oxygen atoms in total. The van der Waals surface area contributed by atoms with Gasteiger partial charge in [0.25, 0.3) is 0 Å². The molecule has 0 amide bonds. The van der Waals surface area contributed by atoms with E-state index in [1.807, 2.05) is 18.2 Å². The maximum atomic E-state index is 8.82. The third-order valence-corrected chi connectivity index (χ3v) is 3.49. The smallest absolute Gasteiger partial charge is 0.239 e. The standard InChI is InChI=1S/C10H10ClN5S/c1-15(5-8-2-3-9(11)17-8)7-16-6-13-14-10(16)4-12/h2-3,6H,5,7H2,1H3/p+1. The molecule has 0 saturated carbocycles. The molecule has 0 fully saturated rings. The molecular weight excluding hydrogens is 258 g/mol. The van der Waals surface area contributed by atoms with Crippen LogP contribution >= 0.6 is 22.9 Å². The second-order valence-electron chi connectivity index (χ2n) is 3.73. The third kappa shape index (κ3) is 3.03. The third-order valence-electron chi connectivity index (χ3n) is 2.26. The van der Waals surface area contributed by atoms with E-state index in [-0.39, 0.29) is 0 Å². The Kier molecular flexibility index (Phi) is 3.74. The van der Waals surface area contributed by atoms with E-state index < -0.39 is 0 Å². The SMILES string of the molecule is C[NH+](Cc1ccc(Cl)s1)Cn1cnnc1C#N. The lowest BCUT2D eigenvalue weighted by molar-refractivity contribution is -0.916. The van der Waals surface area contributed by atoms with Gasteiger partial charge in [-0.3, -0.25) is 4.57 Å². The summed E-state index contributed by atoms with van der Waals surface area (Å²) in [5, 5.41) is 16.2. The number of halogens is 1. The Morgan fingerprint density at radius 1 is 1.59 bits per heavy atom. The van der Waals surface area contributed by atoms with Crippen LogP contribution in [-0.4, -0.2) is 21.8 Å². The molecule has 0 aliphatic carbocycles. The Hall–Kier alpha value is -1.42. The van der Waals surface area contributed by atoms with Gasteiger partial charge in [-0.2, -0.15) is 5.26 Å². The van der Waals surface area contributed by atoms with Crippen molar-refractivity contribution in [1.82, 2.24) is 14.8 Å². The van der Waals surface area contributed by atoms with Gasteiger partial charge in [0.2, 0.25) is 5.82 Å². The summed E-state index contributed by atoms with van der Waals surface area (Å²) in [5.41, 5.74) is 0. The molecule has 7 heteroatoms. The number of hydrogen-bond acceptors (Lipinski definition) is 4. The molecule has 1 atom stereocenters. The van der Waals surface area contributed by atoms with E-state index >= 15 is 0 Å². The molecule has 2 aromatic heterocycles. The van der Waals surface area contributed by atoms with Gasteiger partial charge in [-0.25, -0.2) is 0 Å². The van der Waals surface area contributed by atoms with Crippen molar-refractivity contribution < 1.29 is 4.90 Å². The lowest BCUT2D eigenvalue weighted by atomic mass is 10.4. The normalized spacial score (nSPS) is 12.3. The van der Waals surface area contributed by atoms with Crippen molar-refractivity contribution in [2.24, 2.45) is 0 Å². The van der Waals surface area contributed by atoms with E-state index in [9.17, 15) is 0 Å². The molecular formula is C10H11ClN5S+. The molecule has 0 bridgehead atoms. The first-order valence-corrected chi connectivity index (χ1v) is 6.22. The summed E-state index contributed by atoms with van der Waals surface area (Å²) < 4.78 is 2.54. The summed E-state index contributed by atoms with van der Waals surface area (Å²) >= 11 is 7.45. The Bertz CT molecular complexity index is 541. The fourth-order valence-corrected chi connectivity index (χ4v) is 2.75. The number of aromatic nitrogens is 3. The van der Waals surface area contributed by atoms with Gasteiger partial charge in [-0.15, -0.1) is 21.5 Å². The zero-order valence-electron chi connectivity index (χ0n) is 9.22. The highest BCUT2D eigenvalue weighted by Gasteiger charge is 2.10. The van der Waals surface area contributed by atoms with E-state index in [1.165, 1.54) is 9.78 Å². The fraction of sp³-hybridized carbons (Fsp3) is 0.300. The molecule has 0 saturated heterocycles. The van der Waals surface area contributed by atoms with Crippen LogP contribution in [0.3, 0.4) is 0 Å². The van der Waals surface area contributed by atoms with Gasteiger partial charge in [0.05, 0.1) is 16.3 Å². The molecule has 1 unspecified atom stereocenters. The highest BCUT2D eigenvalue weighted by molar-refractivity contribution is 7.16. The zero-order chi connectivity index (χ0) is 12.3. The van der Waals surface area contributed by atoms with E-state index in [0.29, 0.717) is 12.5 Å². The molecule has 88 valence electrons. The van der Waals surface area contributed by atoms with Crippen LogP contribution in [0.25, 0.3) is 0 Å². The van der Waals surface area contributed by atoms with E-state index in [4.69, 9.17) is 16.9 Å². The van der Waals surface area contributed by atoms with Crippen LogP contribution in [-0.2, 0) is 13.2 Å². The van der Waals surface area contributed by atoms with Gasteiger partial charge >= 0.3 is 0 Å². The number of nitriles is 1. The predicted molar refractivity (Wildman–Crippen MR) is 64.7 cm³/mol. The first-order chi connectivity index (χ1) is 8.19. The van der Waals surface area contributed by atoms with E-state index in [0.717, 1.165) is 10.9 Å². The second kappa shape index (κ2) is 5.27. The van der Waals surface area contributed by atoms with Crippen molar-refractivity contribution >= 4 is 22.9 Å². The van der Waals surface area contributed by atoms with Crippen LogP contribution in [0.1, 0.15) is 10.7 Å². The second-order valence-corrected chi connectivity index (χ2v) is 5.53. The summed E-state index contributed by atoms with van der Waals surface area (Å²) in [6.07, 6.45) is 1.57. The number of hydrogen-bond donors (Lipinski definition) is 1. The highest BCUT2D eigenvalue weighted by atomic mass is 35.5. The Labute approximate surface area is 108 Å². The molecule has 2 aromatic rings. The molecule has 0 aromatic carbocycles. The lowest BCUT2D eigenvalue weighted by Gasteiger charge is -2.13. The quantitative estimate of drug-likeness (QED) is 0.880. The predicted octanol–water partition coefficient (Wildman–Crippen LogP) is 0.537. The van der Waals surface area contributed by atoms with Gasteiger partial charge in [0, 0.05) is 0 Å². The Morgan fingerprint density at radius 3 is 3.06 bits per heavy atom. The monoisotopic (exact) mass is 268 g/mol. The molecule has 0 aliphatic heterocycles. The summed E-state index contributed by atoms with van der Waals surface area (Å²) in [5.74, 6) is 0.341. The minimum atomic E-state index is 0.341. The molecule has 0 aliphatic rings. The minimum Gasteiger partial charge on any atom is -0.315 e. The molecule has 0 spiro atoms. The average molecular weight is 269 g/mol. The first kappa shape index (κ1) is 12.0. The number of quaternary nitrogens is 1. The zero-order valence-corrected chi connectivity index (χ0v) is 10.8. The lowest BCUT2D eigenvalue weighted by Crippen LogP contribution is -3.06. The largest absolute Gasteiger partial charge is 0.315 e. The maximum absolute atomic E-state index is 8.82. The fourth-order valence-electron chi connectivity index (χ4n) is 1.55. The van der Waals surface area contributed by atoms with Crippen LogP contribution < -0.4 is 4.90 Å². The number of rotatable bonds is 4.